The summed E-state index contributed by atoms with van der Waals surface area (Å²) in [4.78, 5) is 11.5. The minimum Gasteiger partial charge on any atom is -0.491 e. The molecule has 0 heterocycles. The van der Waals surface area contributed by atoms with Crippen LogP contribution >= 0.6 is 0 Å². The Kier molecular flexibility index (Phi) is 4.34. The van der Waals surface area contributed by atoms with Crippen molar-refractivity contribution in [1.29, 1.82) is 5.26 Å². The van der Waals surface area contributed by atoms with Crippen LogP contribution in [-0.2, 0) is 4.74 Å². The molecule has 0 bridgehead atoms. The van der Waals surface area contributed by atoms with Crippen LogP contribution in [0.2, 0.25) is 0 Å². The average molecular weight is 219 g/mol. The van der Waals surface area contributed by atoms with Gasteiger partial charge in [0.2, 0.25) is 0 Å². The van der Waals surface area contributed by atoms with Gasteiger partial charge in [0, 0.05) is 0 Å². The molecule has 84 valence electrons. The third kappa shape index (κ3) is 2.51. The molecule has 0 unspecified atom stereocenters. The van der Waals surface area contributed by atoms with Gasteiger partial charge in [-0.15, -0.1) is 0 Å². The second-order valence-electron chi connectivity index (χ2n) is 3.13. The van der Waals surface area contributed by atoms with Crippen LogP contribution in [0.1, 0.15) is 29.3 Å². The van der Waals surface area contributed by atoms with Gasteiger partial charge >= 0.3 is 5.97 Å². The highest BCUT2D eigenvalue weighted by Gasteiger charge is 2.16. The Hall–Kier alpha value is -2.02. The number of methoxy groups -OCH3 is 1. The van der Waals surface area contributed by atoms with Gasteiger partial charge in [0.15, 0.2) is 5.75 Å². The van der Waals surface area contributed by atoms with Crippen LogP contribution in [-0.4, -0.2) is 19.7 Å². The van der Waals surface area contributed by atoms with Crippen LogP contribution in [0.15, 0.2) is 18.2 Å². The number of hydrogen-bond donors (Lipinski definition) is 0. The van der Waals surface area contributed by atoms with E-state index in [1.165, 1.54) is 7.11 Å². The van der Waals surface area contributed by atoms with Crippen molar-refractivity contribution in [1.82, 2.24) is 0 Å². The van der Waals surface area contributed by atoms with Crippen molar-refractivity contribution in [2.24, 2.45) is 0 Å². The van der Waals surface area contributed by atoms with Crippen LogP contribution in [0.4, 0.5) is 0 Å². The standard InChI is InChI=1S/C12H13NO3/c1-3-7-16-11-9(8-13)5-4-6-10(11)12(14)15-2/h4-6H,3,7H2,1-2H3. The third-order valence-electron chi connectivity index (χ3n) is 1.99. The molecule has 0 spiro atoms. The molecule has 0 aliphatic heterocycles. The summed E-state index contributed by atoms with van der Waals surface area (Å²) >= 11 is 0. The summed E-state index contributed by atoms with van der Waals surface area (Å²) < 4.78 is 10.0. The summed E-state index contributed by atoms with van der Waals surface area (Å²) in [6.45, 7) is 2.41. The summed E-state index contributed by atoms with van der Waals surface area (Å²) in [7, 11) is 1.30. The van der Waals surface area contributed by atoms with Crippen LogP contribution < -0.4 is 4.74 Å². The first-order valence-electron chi connectivity index (χ1n) is 4.98. The van der Waals surface area contributed by atoms with Crippen molar-refractivity contribution >= 4 is 5.97 Å². The van der Waals surface area contributed by atoms with Crippen molar-refractivity contribution in [2.45, 2.75) is 13.3 Å². The van der Waals surface area contributed by atoms with Gasteiger partial charge in [0.1, 0.15) is 11.6 Å². The molecule has 0 aliphatic rings. The van der Waals surface area contributed by atoms with Gasteiger partial charge in [-0.25, -0.2) is 4.79 Å². The van der Waals surface area contributed by atoms with Crippen molar-refractivity contribution in [3.8, 4) is 11.8 Å². The lowest BCUT2D eigenvalue weighted by Crippen LogP contribution is -2.07. The Bertz CT molecular complexity index is 421. The smallest absolute Gasteiger partial charge is 0.341 e. The van der Waals surface area contributed by atoms with E-state index in [-0.39, 0.29) is 5.56 Å². The zero-order chi connectivity index (χ0) is 12.0. The third-order valence-corrected chi connectivity index (χ3v) is 1.99. The number of rotatable bonds is 4. The number of carbonyl (C=O) groups excluding carboxylic acids is 1. The maximum atomic E-state index is 11.5. The van der Waals surface area contributed by atoms with E-state index in [1.807, 2.05) is 13.0 Å². The maximum Gasteiger partial charge on any atom is 0.341 e. The molecule has 1 rings (SSSR count). The fourth-order valence-electron chi connectivity index (χ4n) is 1.26. The van der Waals surface area contributed by atoms with Crippen LogP contribution in [0.5, 0.6) is 5.75 Å². The molecule has 0 fully saturated rings. The van der Waals surface area contributed by atoms with E-state index >= 15 is 0 Å². The quantitative estimate of drug-likeness (QED) is 0.728. The number of nitrogens with zero attached hydrogens (tertiary/aromatic N) is 1. The van der Waals surface area contributed by atoms with Gasteiger partial charge in [0.25, 0.3) is 0 Å². The second-order valence-corrected chi connectivity index (χ2v) is 3.13. The Balaban J connectivity index is 3.16. The molecule has 0 radical (unpaired) electrons. The summed E-state index contributed by atoms with van der Waals surface area (Å²) in [5, 5.41) is 8.91. The van der Waals surface area contributed by atoms with Crippen LogP contribution in [0, 0.1) is 11.3 Å². The molecule has 4 heteroatoms. The Labute approximate surface area is 94.4 Å². The molecule has 0 saturated heterocycles. The number of para-hydroxylation sites is 1. The van der Waals surface area contributed by atoms with Gasteiger partial charge in [0.05, 0.1) is 19.3 Å². The van der Waals surface area contributed by atoms with Crippen LogP contribution in [0.25, 0.3) is 0 Å². The topological polar surface area (TPSA) is 59.3 Å². The zero-order valence-electron chi connectivity index (χ0n) is 9.32. The minimum atomic E-state index is -0.497. The summed E-state index contributed by atoms with van der Waals surface area (Å²) in [6.07, 6.45) is 0.806. The number of nitriles is 1. The lowest BCUT2D eigenvalue weighted by atomic mass is 10.1. The molecule has 0 aromatic heterocycles. The first-order chi connectivity index (χ1) is 7.74. The fraction of sp³-hybridized carbons (Fsp3) is 0.333. The summed E-state index contributed by atoms with van der Waals surface area (Å²) in [5.41, 5.74) is 0.631. The Morgan fingerprint density at radius 1 is 1.50 bits per heavy atom. The van der Waals surface area contributed by atoms with Crippen molar-refractivity contribution < 1.29 is 14.3 Å². The van der Waals surface area contributed by atoms with Gasteiger partial charge in [-0.05, 0) is 18.6 Å². The normalized spacial score (nSPS) is 9.31. The lowest BCUT2D eigenvalue weighted by molar-refractivity contribution is 0.0596. The highest BCUT2D eigenvalue weighted by atomic mass is 16.5. The first-order valence-corrected chi connectivity index (χ1v) is 4.98. The predicted molar refractivity (Wildman–Crippen MR) is 58.3 cm³/mol. The van der Waals surface area contributed by atoms with E-state index in [2.05, 4.69) is 4.74 Å². The van der Waals surface area contributed by atoms with Gasteiger partial charge < -0.3 is 9.47 Å². The van der Waals surface area contributed by atoms with E-state index in [9.17, 15) is 4.79 Å². The van der Waals surface area contributed by atoms with E-state index in [4.69, 9.17) is 10.00 Å². The molecule has 0 atom stereocenters. The fourth-order valence-corrected chi connectivity index (χ4v) is 1.26. The molecular weight excluding hydrogens is 206 g/mol. The van der Waals surface area contributed by atoms with Crippen LogP contribution in [0.3, 0.4) is 0 Å². The molecule has 16 heavy (non-hydrogen) atoms. The summed E-state index contributed by atoms with van der Waals surface area (Å²) in [6, 6.07) is 6.81. The molecule has 0 N–H and O–H groups in total. The van der Waals surface area contributed by atoms with Gasteiger partial charge in [-0.2, -0.15) is 5.26 Å². The Morgan fingerprint density at radius 3 is 2.81 bits per heavy atom. The highest BCUT2D eigenvalue weighted by molar-refractivity contribution is 5.93. The number of benzene rings is 1. The molecule has 0 saturated carbocycles. The summed E-state index contributed by atoms with van der Waals surface area (Å²) in [5.74, 6) is -0.193. The first kappa shape index (κ1) is 12.1. The molecular formula is C12H13NO3. The average Bonchev–Trinajstić information content (AvgIpc) is 2.34. The van der Waals surface area contributed by atoms with Crippen molar-refractivity contribution in [3.05, 3.63) is 29.3 Å². The maximum absolute atomic E-state index is 11.5. The van der Waals surface area contributed by atoms with Crippen molar-refractivity contribution in [3.63, 3.8) is 0 Å². The monoisotopic (exact) mass is 219 g/mol. The number of carbonyl (C=O) groups is 1. The SMILES string of the molecule is CCCOc1c(C#N)cccc1C(=O)OC. The number of ether oxygens (including phenoxy) is 2. The second kappa shape index (κ2) is 5.76. The number of hydrogen-bond acceptors (Lipinski definition) is 4. The minimum absolute atomic E-state index is 0.287. The number of esters is 1. The molecule has 0 aliphatic carbocycles. The Morgan fingerprint density at radius 2 is 2.25 bits per heavy atom. The highest BCUT2D eigenvalue weighted by Crippen LogP contribution is 2.24. The van der Waals surface area contributed by atoms with E-state index in [1.54, 1.807) is 18.2 Å². The molecule has 1 aromatic carbocycles. The van der Waals surface area contributed by atoms with Gasteiger partial charge in [-0.1, -0.05) is 13.0 Å². The van der Waals surface area contributed by atoms with E-state index in [0.29, 0.717) is 17.9 Å². The van der Waals surface area contributed by atoms with E-state index in [0.717, 1.165) is 6.42 Å². The largest absolute Gasteiger partial charge is 0.491 e. The van der Waals surface area contributed by atoms with Crippen molar-refractivity contribution in [2.75, 3.05) is 13.7 Å². The lowest BCUT2D eigenvalue weighted by Gasteiger charge is -2.10. The molecule has 0 amide bonds. The molecule has 4 nitrogen and oxygen atoms in total. The predicted octanol–water partition coefficient (Wildman–Crippen LogP) is 2.13. The van der Waals surface area contributed by atoms with Gasteiger partial charge in [-0.3, -0.25) is 0 Å². The zero-order valence-corrected chi connectivity index (χ0v) is 9.32. The van der Waals surface area contributed by atoms with E-state index < -0.39 is 5.97 Å². The molecule has 1 aromatic rings.